The molecule has 4 nitrogen and oxygen atoms in total. The number of hydrogen-bond donors (Lipinski definition) is 1. The fraction of sp³-hybridized carbons (Fsp3) is 0. The van der Waals surface area contributed by atoms with Crippen LogP contribution >= 0.6 is 22.6 Å². The SMILES string of the molecule is O=C(O)c1ccccc1-n1cc(I)cn1. The van der Waals surface area contributed by atoms with Crippen molar-refractivity contribution in [3.63, 3.8) is 0 Å². The molecule has 76 valence electrons. The van der Waals surface area contributed by atoms with E-state index in [0.717, 1.165) is 3.57 Å². The average molecular weight is 314 g/mol. The molecular weight excluding hydrogens is 307 g/mol. The Labute approximate surface area is 99.7 Å². The predicted octanol–water partition coefficient (Wildman–Crippen LogP) is 2.18. The molecule has 0 aliphatic rings. The maximum atomic E-state index is 11.0. The number of carboxylic acid groups (broad SMARTS) is 1. The van der Waals surface area contributed by atoms with Crippen molar-refractivity contribution in [2.24, 2.45) is 0 Å². The number of carboxylic acids is 1. The van der Waals surface area contributed by atoms with Gasteiger partial charge in [-0.25, -0.2) is 9.48 Å². The fourth-order valence-corrected chi connectivity index (χ4v) is 1.68. The number of aromatic carboxylic acids is 1. The average Bonchev–Trinajstić information content (AvgIpc) is 2.65. The summed E-state index contributed by atoms with van der Waals surface area (Å²) in [5.41, 5.74) is 0.824. The summed E-state index contributed by atoms with van der Waals surface area (Å²) < 4.78 is 2.53. The van der Waals surface area contributed by atoms with Crippen molar-refractivity contribution in [1.29, 1.82) is 0 Å². The molecule has 0 amide bonds. The molecular formula is C10H7IN2O2. The smallest absolute Gasteiger partial charge is 0.337 e. The van der Waals surface area contributed by atoms with E-state index < -0.39 is 5.97 Å². The van der Waals surface area contributed by atoms with Gasteiger partial charge in [0.2, 0.25) is 0 Å². The Bertz CT molecular complexity index is 508. The molecule has 0 saturated heterocycles. The Morgan fingerprint density at radius 3 is 2.73 bits per heavy atom. The molecule has 0 unspecified atom stereocenters. The van der Waals surface area contributed by atoms with Crippen molar-refractivity contribution in [2.45, 2.75) is 0 Å². The summed E-state index contributed by atoms with van der Waals surface area (Å²) in [6, 6.07) is 6.77. The molecule has 1 N–H and O–H groups in total. The fourth-order valence-electron chi connectivity index (χ4n) is 1.29. The molecule has 0 saturated carbocycles. The summed E-state index contributed by atoms with van der Waals surface area (Å²) >= 11 is 2.13. The molecule has 0 atom stereocenters. The Balaban J connectivity index is 2.57. The third kappa shape index (κ3) is 2.01. The molecule has 0 spiro atoms. The van der Waals surface area contributed by atoms with Crippen LogP contribution in [0.3, 0.4) is 0 Å². The molecule has 0 aliphatic heterocycles. The van der Waals surface area contributed by atoms with Gasteiger partial charge in [-0.05, 0) is 34.7 Å². The van der Waals surface area contributed by atoms with E-state index in [2.05, 4.69) is 27.7 Å². The minimum Gasteiger partial charge on any atom is -0.478 e. The van der Waals surface area contributed by atoms with Gasteiger partial charge in [-0.2, -0.15) is 5.10 Å². The van der Waals surface area contributed by atoms with Crippen molar-refractivity contribution >= 4 is 28.6 Å². The number of nitrogens with zero attached hydrogens (tertiary/aromatic N) is 2. The first kappa shape index (κ1) is 10.2. The van der Waals surface area contributed by atoms with Gasteiger partial charge < -0.3 is 5.11 Å². The van der Waals surface area contributed by atoms with Gasteiger partial charge in [0.15, 0.2) is 0 Å². The first-order chi connectivity index (χ1) is 7.18. The summed E-state index contributed by atoms with van der Waals surface area (Å²) in [7, 11) is 0. The van der Waals surface area contributed by atoms with E-state index in [4.69, 9.17) is 5.11 Å². The van der Waals surface area contributed by atoms with E-state index in [9.17, 15) is 4.79 Å². The van der Waals surface area contributed by atoms with Crippen LogP contribution in [0.25, 0.3) is 5.69 Å². The van der Waals surface area contributed by atoms with E-state index in [1.54, 1.807) is 41.3 Å². The zero-order chi connectivity index (χ0) is 10.8. The normalized spacial score (nSPS) is 10.2. The van der Waals surface area contributed by atoms with Crippen LogP contribution in [-0.2, 0) is 0 Å². The van der Waals surface area contributed by atoms with Gasteiger partial charge in [0, 0.05) is 6.20 Å². The van der Waals surface area contributed by atoms with Crippen molar-refractivity contribution in [3.05, 3.63) is 45.8 Å². The predicted molar refractivity (Wildman–Crippen MR) is 63.2 cm³/mol. The van der Waals surface area contributed by atoms with Crippen LogP contribution in [0.1, 0.15) is 10.4 Å². The quantitative estimate of drug-likeness (QED) is 0.865. The van der Waals surface area contributed by atoms with Crippen molar-refractivity contribution in [3.8, 4) is 5.69 Å². The van der Waals surface area contributed by atoms with Crippen LogP contribution in [0.5, 0.6) is 0 Å². The molecule has 0 bridgehead atoms. The van der Waals surface area contributed by atoms with Crippen LogP contribution in [0.4, 0.5) is 0 Å². The molecule has 1 aromatic heterocycles. The van der Waals surface area contributed by atoms with Crippen molar-refractivity contribution < 1.29 is 9.90 Å². The van der Waals surface area contributed by atoms with Gasteiger partial charge in [0.1, 0.15) is 0 Å². The highest BCUT2D eigenvalue weighted by molar-refractivity contribution is 14.1. The number of halogens is 1. The molecule has 2 rings (SSSR count). The summed E-state index contributed by atoms with van der Waals surface area (Å²) in [6.07, 6.45) is 3.46. The summed E-state index contributed by atoms with van der Waals surface area (Å²) in [5, 5.41) is 13.1. The lowest BCUT2D eigenvalue weighted by Crippen LogP contribution is -2.05. The van der Waals surface area contributed by atoms with Gasteiger partial charge in [-0.15, -0.1) is 0 Å². The van der Waals surface area contributed by atoms with Crippen molar-refractivity contribution in [1.82, 2.24) is 9.78 Å². The van der Waals surface area contributed by atoms with Gasteiger partial charge in [0.05, 0.1) is 21.0 Å². The summed E-state index contributed by atoms with van der Waals surface area (Å²) in [6.45, 7) is 0. The lowest BCUT2D eigenvalue weighted by Gasteiger charge is -2.04. The molecule has 5 heteroatoms. The number of carbonyl (C=O) groups is 1. The van der Waals surface area contributed by atoms with Gasteiger partial charge in [-0.3, -0.25) is 0 Å². The second-order valence-corrected chi connectivity index (χ2v) is 4.17. The Morgan fingerprint density at radius 2 is 2.13 bits per heavy atom. The number of benzene rings is 1. The number of rotatable bonds is 2. The Morgan fingerprint density at radius 1 is 1.40 bits per heavy atom. The Hall–Kier alpha value is -1.37. The lowest BCUT2D eigenvalue weighted by molar-refractivity contribution is 0.0696. The third-order valence-electron chi connectivity index (χ3n) is 1.93. The Kier molecular flexibility index (Phi) is 2.72. The first-order valence-corrected chi connectivity index (χ1v) is 5.29. The third-order valence-corrected chi connectivity index (χ3v) is 2.49. The molecule has 1 heterocycles. The molecule has 1 aromatic carbocycles. The highest BCUT2D eigenvalue weighted by Crippen LogP contribution is 2.14. The topological polar surface area (TPSA) is 55.1 Å². The highest BCUT2D eigenvalue weighted by atomic mass is 127. The van der Waals surface area contributed by atoms with Gasteiger partial charge in [-0.1, -0.05) is 12.1 Å². The maximum Gasteiger partial charge on any atom is 0.337 e. The summed E-state index contributed by atoms with van der Waals surface area (Å²) in [4.78, 5) is 11.0. The van der Waals surface area contributed by atoms with Crippen LogP contribution in [0.15, 0.2) is 36.7 Å². The standard InChI is InChI=1S/C10H7IN2O2/c11-7-5-12-13(6-7)9-4-2-1-3-8(9)10(14)15/h1-6H,(H,14,15). The van der Waals surface area contributed by atoms with Crippen LogP contribution < -0.4 is 0 Å². The number of para-hydroxylation sites is 1. The van der Waals surface area contributed by atoms with E-state index in [1.165, 1.54) is 0 Å². The van der Waals surface area contributed by atoms with E-state index in [0.29, 0.717) is 5.69 Å². The monoisotopic (exact) mass is 314 g/mol. The zero-order valence-corrected chi connectivity index (χ0v) is 9.75. The van der Waals surface area contributed by atoms with E-state index in [1.807, 2.05) is 0 Å². The van der Waals surface area contributed by atoms with Gasteiger partial charge >= 0.3 is 5.97 Å². The summed E-state index contributed by atoms with van der Waals surface area (Å²) in [5.74, 6) is -0.948. The first-order valence-electron chi connectivity index (χ1n) is 4.21. The highest BCUT2D eigenvalue weighted by Gasteiger charge is 2.10. The largest absolute Gasteiger partial charge is 0.478 e. The lowest BCUT2D eigenvalue weighted by atomic mass is 10.2. The van der Waals surface area contributed by atoms with Crippen LogP contribution in [0, 0.1) is 3.57 Å². The van der Waals surface area contributed by atoms with Crippen molar-refractivity contribution in [2.75, 3.05) is 0 Å². The van der Waals surface area contributed by atoms with Crippen LogP contribution in [-0.4, -0.2) is 20.9 Å². The van der Waals surface area contributed by atoms with Gasteiger partial charge in [0.25, 0.3) is 0 Å². The molecule has 0 radical (unpaired) electrons. The van der Waals surface area contributed by atoms with Crippen LogP contribution in [0.2, 0.25) is 0 Å². The second kappa shape index (κ2) is 4.01. The van der Waals surface area contributed by atoms with E-state index >= 15 is 0 Å². The second-order valence-electron chi connectivity index (χ2n) is 2.93. The zero-order valence-electron chi connectivity index (χ0n) is 7.59. The molecule has 0 fully saturated rings. The van der Waals surface area contributed by atoms with E-state index in [-0.39, 0.29) is 5.56 Å². The maximum absolute atomic E-state index is 11.0. The molecule has 0 aliphatic carbocycles. The number of aromatic nitrogens is 2. The minimum absolute atomic E-state index is 0.247. The molecule has 2 aromatic rings. The minimum atomic E-state index is -0.948. The molecule has 15 heavy (non-hydrogen) atoms. The number of hydrogen-bond acceptors (Lipinski definition) is 2.